The standard InChI is InChI=1S/C26H24F6N2O3S/c1-36-21-11-15(12-22-23(35)34-24(38-22)33-18-5-3-2-4-6-18)7-10-20(21)37-14-16-8-9-17(25(27,28)29)13-19(16)26(30,31)32/h7-13,18H,2-6,14H2,1H3,(H,33,34,35)/b22-12+. The summed E-state index contributed by atoms with van der Waals surface area (Å²) in [6, 6.07) is 6.27. The molecule has 1 heterocycles. The first-order valence-electron chi connectivity index (χ1n) is 11.8. The number of rotatable bonds is 6. The third kappa shape index (κ3) is 6.83. The van der Waals surface area contributed by atoms with Crippen LogP contribution in [0.3, 0.4) is 0 Å². The van der Waals surface area contributed by atoms with Gasteiger partial charge < -0.3 is 14.8 Å². The molecule has 4 rings (SSSR count). The highest BCUT2D eigenvalue weighted by Gasteiger charge is 2.38. The van der Waals surface area contributed by atoms with Crippen molar-refractivity contribution in [2.75, 3.05) is 7.11 Å². The van der Waals surface area contributed by atoms with E-state index >= 15 is 0 Å². The fourth-order valence-corrected chi connectivity index (χ4v) is 5.13. The summed E-state index contributed by atoms with van der Waals surface area (Å²) in [5.74, 6) is -0.115. The lowest BCUT2D eigenvalue weighted by Gasteiger charge is -2.22. The lowest BCUT2D eigenvalue weighted by atomic mass is 9.96. The Bertz CT molecular complexity index is 1250. The number of benzene rings is 2. The zero-order chi connectivity index (χ0) is 27.5. The number of amidine groups is 1. The van der Waals surface area contributed by atoms with Crippen LogP contribution in [0, 0.1) is 0 Å². The van der Waals surface area contributed by atoms with Crippen molar-refractivity contribution in [3.05, 3.63) is 63.6 Å². The van der Waals surface area contributed by atoms with Crippen molar-refractivity contribution in [1.82, 2.24) is 5.32 Å². The zero-order valence-electron chi connectivity index (χ0n) is 20.2. The van der Waals surface area contributed by atoms with Gasteiger partial charge in [-0.1, -0.05) is 31.4 Å². The highest BCUT2D eigenvalue weighted by atomic mass is 32.2. The molecule has 2 aliphatic rings. The Labute approximate surface area is 219 Å². The van der Waals surface area contributed by atoms with E-state index in [9.17, 15) is 31.1 Å². The van der Waals surface area contributed by atoms with E-state index in [1.165, 1.54) is 31.4 Å². The average Bonchev–Trinajstić information content (AvgIpc) is 3.20. The summed E-state index contributed by atoms with van der Waals surface area (Å²) < 4.78 is 89.8. The highest BCUT2D eigenvalue weighted by Crippen LogP contribution is 2.38. The summed E-state index contributed by atoms with van der Waals surface area (Å²) in [6.07, 6.45) is -2.76. The van der Waals surface area contributed by atoms with Gasteiger partial charge in [0.05, 0.1) is 23.1 Å². The topological polar surface area (TPSA) is 59.9 Å². The summed E-state index contributed by atoms with van der Waals surface area (Å²) in [4.78, 5) is 16.9. The lowest BCUT2D eigenvalue weighted by molar-refractivity contribution is -0.143. The van der Waals surface area contributed by atoms with Crippen molar-refractivity contribution in [3.63, 3.8) is 0 Å². The van der Waals surface area contributed by atoms with E-state index in [1.807, 2.05) is 0 Å². The number of amides is 1. The first-order chi connectivity index (χ1) is 17.9. The molecule has 1 aliphatic heterocycles. The number of aliphatic imine (C=N–C) groups is 1. The number of hydrogen-bond donors (Lipinski definition) is 1. The highest BCUT2D eigenvalue weighted by molar-refractivity contribution is 8.18. The normalized spacial score (nSPS) is 18.0. The quantitative estimate of drug-likeness (QED) is 0.300. The van der Waals surface area contributed by atoms with Gasteiger partial charge in [-0.25, -0.2) is 0 Å². The predicted molar refractivity (Wildman–Crippen MR) is 132 cm³/mol. The Kier molecular flexibility index (Phi) is 8.29. The molecule has 0 unspecified atom stereocenters. The molecule has 5 nitrogen and oxygen atoms in total. The number of thioether (sulfide) groups is 1. The molecule has 2 aromatic rings. The van der Waals surface area contributed by atoms with Gasteiger partial charge in [0.1, 0.15) is 6.61 Å². The molecule has 1 aliphatic carbocycles. The van der Waals surface area contributed by atoms with Gasteiger partial charge in [-0.3, -0.25) is 4.79 Å². The van der Waals surface area contributed by atoms with Gasteiger partial charge in [-0.15, -0.1) is 0 Å². The summed E-state index contributed by atoms with van der Waals surface area (Å²) in [5.41, 5.74) is -2.71. The molecule has 0 spiro atoms. The number of methoxy groups -OCH3 is 1. The van der Waals surface area contributed by atoms with E-state index in [-0.39, 0.29) is 23.5 Å². The van der Waals surface area contributed by atoms with E-state index in [2.05, 4.69) is 10.3 Å². The SMILES string of the molecule is COc1cc(/C=C2/SC(NC3CCCCC3)=NC2=O)ccc1OCc1ccc(C(F)(F)F)cc1C(F)(F)F. The molecule has 2 aromatic carbocycles. The Hall–Kier alpha value is -3.15. The minimum Gasteiger partial charge on any atom is -0.493 e. The van der Waals surface area contributed by atoms with Gasteiger partial charge in [-0.05, 0) is 60.5 Å². The second-order valence-electron chi connectivity index (χ2n) is 8.88. The third-order valence-electron chi connectivity index (χ3n) is 6.16. The molecule has 1 fully saturated rings. The van der Waals surface area contributed by atoms with Crippen molar-refractivity contribution in [2.24, 2.45) is 4.99 Å². The summed E-state index contributed by atoms with van der Waals surface area (Å²) in [6.45, 7) is -0.637. The van der Waals surface area contributed by atoms with Crippen LogP contribution in [0.25, 0.3) is 6.08 Å². The van der Waals surface area contributed by atoms with Crippen molar-refractivity contribution >= 4 is 28.9 Å². The minimum absolute atomic E-state index is 0.0704. The molecule has 1 saturated carbocycles. The molecule has 1 N–H and O–H groups in total. The molecule has 0 radical (unpaired) electrons. The van der Waals surface area contributed by atoms with Gasteiger partial charge in [0.15, 0.2) is 16.7 Å². The number of hydrogen-bond acceptors (Lipinski definition) is 5. The number of carbonyl (C=O) groups is 1. The van der Waals surface area contributed by atoms with E-state index in [4.69, 9.17) is 9.47 Å². The van der Waals surface area contributed by atoms with Crippen molar-refractivity contribution < 1.29 is 40.6 Å². The first kappa shape index (κ1) is 27.9. The van der Waals surface area contributed by atoms with E-state index in [1.54, 1.807) is 18.2 Å². The number of alkyl halides is 6. The number of halogens is 6. The maximum absolute atomic E-state index is 13.4. The van der Waals surface area contributed by atoms with Crippen LogP contribution in [0.15, 0.2) is 46.3 Å². The monoisotopic (exact) mass is 558 g/mol. The molecule has 0 atom stereocenters. The van der Waals surface area contributed by atoms with E-state index in [0.717, 1.165) is 31.7 Å². The fourth-order valence-electron chi connectivity index (χ4n) is 4.24. The smallest absolute Gasteiger partial charge is 0.416 e. The minimum atomic E-state index is -5.00. The van der Waals surface area contributed by atoms with Crippen LogP contribution in [0.2, 0.25) is 0 Å². The number of nitrogens with zero attached hydrogens (tertiary/aromatic N) is 1. The molecule has 0 saturated heterocycles. The van der Waals surface area contributed by atoms with Crippen molar-refractivity contribution in [1.29, 1.82) is 0 Å². The van der Waals surface area contributed by atoms with Gasteiger partial charge >= 0.3 is 12.4 Å². The Morgan fingerprint density at radius 1 is 1.00 bits per heavy atom. The maximum Gasteiger partial charge on any atom is 0.416 e. The largest absolute Gasteiger partial charge is 0.493 e. The Morgan fingerprint density at radius 3 is 2.39 bits per heavy atom. The summed E-state index contributed by atoms with van der Waals surface area (Å²) in [7, 11) is 1.34. The molecular formula is C26H24F6N2O3S. The van der Waals surface area contributed by atoms with Crippen molar-refractivity contribution in [3.8, 4) is 11.5 Å². The Balaban J connectivity index is 1.47. The van der Waals surface area contributed by atoms with Crippen molar-refractivity contribution in [2.45, 2.75) is 57.1 Å². The first-order valence-corrected chi connectivity index (χ1v) is 12.6. The third-order valence-corrected chi connectivity index (χ3v) is 7.08. The van der Waals surface area contributed by atoms with Gasteiger partial charge in [0.25, 0.3) is 5.91 Å². The van der Waals surface area contributed by atoms with Gasteiger partial charge in [-0.2, -0.15) is 31.3 Å². The second-order valence-corrected chi connectivity index (χ2v) is 9.91. The Morgan fingerprint density at radius 2 is 1.74 bits per heavy atom. The van der Waals surface area contributed by atoms with E-state index < -0.39 is 35.6 Å². The van der Waals surface area contributed by atoms with Crippen LogP contribution in [0.4, 0.5) is 26.3 Å². The van der Waals surface area contributed by atoms with Crippen LogP contribution in [-0.2, 0) is 23.8 Å². The van der Waals surface area contributed by atoms with Crippen LogP contribution in [0.1, 0.15) is 54.4 Å². The molecule has 0 bridgehead atoms. The average molecular weight is 559 g/mol. The molecule has 0 aromatic heterocycles. The number of carbonyl (C=O) groups excluding carboxylic acids is 1. The summed E-state index contributed by atoms with van der Waals surface area (Å²) in [5, 5.41) is 3.87. The number of ether oxygens (including phenoxy) is 2. The van der Waals surface area contributed by atoms with E-state index in [0.29, 0.717) is 27.7 Å². The van der Waals surface area contributed by atoms with Gasteiger partial charge in [0, 0.05) is 11.6 Å². The van der Waals surface area contributed by atoms with Crippen LogP contribution >= 0.6 is 11.8 Å². The lowest BCUT2D eigenvalue weighted by Crippen LogP contribution is -2.33. The molecular weight excluding hydrogens is 534 g/mol. The molecule has 204 valence electrons. The fraction of sp³-hybridized carbons (Fsp3) is 0.385. The second kappa shape index (κ2) is 11.3. The van der Waals surface area contributed by atoms with Crippen LogP contribution in [-0.4, -0.2) is 24.2 Å². The van der Waals surface area contributed by atoms with Gasteiger partial charge in [0.2, 0.25) is 0 Å². The van der Waals surface area contributed by atoms with Crippen LogP contribution < -0.4 is 14.8 Å². The molecule has 12 heteroatoms. The van der Waals surface area contributed by atoms with Crippen LogP contribution in [0.5, 0.6) is 11.5 Å². The predicted octanol–water partition coefficient (Wildman–Crippen LogP) is 7.20. The zero-order valence-corrected chi connectivity index (χ0v) is 21.0. The summed E-state index contributed by atoms with van der Waals surface area (Å²) >= 11 is 1.23. The molecule has 38 heavy (non-hydrogen) atoms. The number of nitrogens with one attached hydrogen (secondary N) is 1. The maximum atomic E-state index is 13.4. The molecule has 1 amide bonds.